The molecular weight excluding hydrogens is 596 g/mol. The van der Waals surface area contributed by atoms with E-state index >= 15 is 0 Å². The third-order valence-electron chi connectivity index (χ3n) is 4.69. The summed E-state index contributed by atoms with van der Waals surface area (Å²) in [6, 6.07) is 19.4. The van der Waals surface area contributed by atoms with Crippen LogP contribution in [0.2, 0.25) is 0 Å². The second kappa shape index (κ2) is 13.3. The van der Waals surface area contributed by atoms with Crippen molar-refractivity contribution in [2.24, 2.45) is 0 Å². The molecule has 0 bridgehead atoms. The van der Waals surface area contributed by atoms with Crippen LogP contribution in [0.1, 0.15) is 31.8 Å². The molecule has 0 spiro atoms. The molecule has 6 amide bonds. The molecule has 0 saturated heterocycles. The van der Waals surface area contributed by atoms with Gasteiger partial charge < -0.3 is 10.6 Å². The number of hydrogen-bond acceptors (Lipinski definition) is 4. The Morgan fingerprint density at radius 3 is 1.33 bits per heavy atom. The summed E-state index contributed by atoms with van der Waals surface area (Å²) in [6.07, 6.45) is 0. The van der Waals surface area contributed by atoms with Crippen LogP contribution in [-0.2, 0) is 13.1 Å². The second-order valence-electron chi connectivity index (χ2n) is 7.36. The third kappa shape index (κ3) is 8.71. The number of benzene rings is 3. The zero-order valence-electron chi connectivity index (χ0n) is 18.7. The predicted molar refractivity (Wildman–Crippen MR) is 140 cm³/mol. The van der Waals surface area contributed by atoms with E-state index in [9.17, 15) is 19.2 Å². The fraction of sp³-hybridized carbons (Fsp3) is 0.0833. The van der Waals surface area contributed by atoms with Crippen molar-refractivity contribution in [1.82, 2.24) is 32.3 Å². The smallest absolute Gasteiger partial charge is 0.333 e. The third-order valence-corrected chi connectivity index (χ3v) is 5.75. The Bertz CT molecular complexity index is 1140. The molecule has 36 heavy (non-hydrogen) atoms. The van der Waals surface area contributed by atoms with Crippen LogP contribution in [0.5, 0.6) is 0 Å². The maximum Gasteiger partial charge on any atom is 0.333 e. The lowest BCUT2D eigenvalue weighted by Crippen LogP contribution is -2.46. The van der Waals surface area contributed by atoms with Gasteiger partial charge >= 0.3 is 12.1 Å². The first kappa shape index (κ1) is 26.7. The molecule has 3 aromatic carbocycles. The Morgan fingerprint density at radius 2 is 0.944 bits per heavy atom. The lowest BCUT2D eigenvalue weighted by Gasteiger charge is -2.11. The molecule has 3 aromatic rings. The van der Waals surface area contributed by atoms with Crippen LogP contribution in [0, 0.1) is 0 Å². The van der Waals surface area contributed by atoms with E-state index < -0.39 is 23.9 Å². The standard InChI is InChI=1S/C24H22Br2N6O4/c25-19-8-4-17(5-9-19)21(33)29-31-23(35)27-13-15-2-1-3-16(12-15)14-28-24(36)32-30-22(34)18-6-10-20(26)11-7-18/h1-12H,13-14H2,(H,29,33)(H,30,34)(H2,27,31,35)(H2,28,32,36). The zero-order chi connectivity index (χ0) is 25.9. The number of carbonyl (C=O) groups is 4. The van der Waals surface area contributed by atoms with Crippen molar-refractivity contribution in [3.8, 4) is 0 Å². The molecule has 0 unspecified atom stereocenters. The molecule has 0 heterocycles. The Hall–Kier alpha value is -3.90. The zero-order valence-corrected chi connectivity index (χ0v) is 21.9. The van der Waals surface area contributed by atoms with Gasteiger partial charge in [-0.3, -0.25) is 20.4 Å². The van der Waals surface area contributed by atoms with Crippen LogP contribution in [-0.4, -0.2) is 23.9 Å². The quantitative estimate of drug-likeness (QED) is 0.236. The van der Waals surface area contributed by atoms with Crippen molar-refractivity contribution >= 4 is 55.7 Å². The molecule has 0 saturated carbocycles. The van der Waals surface area contributed by atoms with E-state index in [1.54, 1.807) is 60.7 Å². The highest BCUT2D eigenvalue weighted by Crippen LogP contribution is 2.11. The summed E-state index contributed by atoms with van der Waals surface area (Å²) >= 11 is 6.58. The van der Waals surface area contributed by atoms with Crippen molar-refractivity contribution in [3.63, 3.8) is 0 Å². The average Bonchev–Trinajstić information content (AvgIpc) is 2.89. The summed E-state index contributed by atoms with van der Waals surface area (Å²) in [6.45, 7) is 0.395. The number of halogens is 2. The van der Waals surface area contributed by atoms with E-state index in [-0.39, 0.29) is 13.1 Å². The molecule has 10 nitrogen and oxygen atoms in total. The number of amides is 6. The Labute approximate surface area is 223 Å². The van der Waals surface area contributed by atoms with Crippen LogP contribution < -0.4 is 32.3 Å². The van der Waals surface area contributed by atoms with Crippen molar-refractivity contribution in [2.45, 2.75) is 13.1 Å². The molecule has 0 fully saturated rings. The normalized spacial score (nSPS) is 10.1. The molecule has 186 valence electrons. The van der Waals surface area contributed by atoms with E-state index in [1.165, 1.54) is 0 Å². The molecular formula is C24H22Br2N6O4. The van der Waals surface area contributed by atoms with E-state index in [4.69, 9.17) is 0 Å². The summed E-state index contributed by atoms with van der Waals surface area (Å²) in [4.78, 5) is 48.1. The minimum absolute atomic E-state index is 0.198. The largest absolute Gasteiger partial charge is 0.333 e. The Kier molecular flexibility index (Phi) is 9.83. The first-order valence-corrected chi connectivity index (χ1v) is 12.2. The number of urea groups is 2. The van der Waals surface area contributed by atoms with Crippen LogP contribution in [0.4, 0.5) is 9.59 Å². The summed E-state index contributed by atoms with van der Waals surface area (Å²) in [5.41, 5.74) is 11.6. The number of rotatable bonds is 6. The summed E-state index contributed by atoms with van der Waals surface area (Å²) < 4.78 is 1.68. The average molecular weight is 618 g/mol. The van der Waals surface area contributed by atoms with Gasteiger partial charge in [0, 0.05) is 33.2 Å². The summed E-state index contributed by atoms with van der Waals surface area (Å²) in [5.74, 6) is -0.894. The highest BCUT2D eigenvalue weighted by Gasteiger charge is 2.09. The Morgan fingerprint density at radius 1 is 0.556 bits per heavy atom. The van der Waals surface area contributed by atoms with Crippen LogP contribution in [0.3, 0.4) is 0 Å². The maximum atomic E-state index is 12.0. The van der Waals surface area contributed by atoms with Crippen LogP contribution >= 0.6 is 31.9 Å². The van der Waals surface area contributed by atoms with Gasteiger partial charge in [0.2, 0.25) is 0 Å². The van der Waals surface area contributed by atoms with E-state index in [0.717, 1.165) is 20.1 Å². The van der Waals surface area contributed by atoms with Crippen molar-refractivity contribution < 1.29 is 19.2 Å². The van der Waals surface area contributed by atoms with Gasteiger partial charge in [-0.25, -0.2) is 20.4 Å². The molecule has 3 rings (SSSR count). The highest BCUT2D eigenvalue weighted by atomic mass is 79.9. The van der Waals surface area contributed by atoms with E-state index in [1.807, 2.05) is 12.1 Å². The fourth-order valence-corrected chi connectivity index (χ4v) is 3.41. The minimum Gasteiger partial charge on any atom is -0.333 e. The van der Waals surface area contributed by atoms with Crippen molar-refractivity contribution in [3.05, 3.63) is 104 Å². The van der Waals surface area contributed by atoms with Crippen LogP contribution in [0.25, 0.3) is 0 Å². The number of hydrazine groups is 2. The molecule has 0 aromatic heterocycles. The van der Waals surface area contributed by atoms with Gasteiger partial charge in [-0.05, 0) is 59.7 Å². The molecule has 0 atom stereocenters. The first-order valence-electron chi connectivity index (χ1n) is 10.6. The lowest BCUT2D eigenvalue weighted by atomic mass is 10.1. The predicted octanol–water partition coefficient (Wildman–Crippen LogP) is 3.50. The van der Waals surface area contributed by atoms with Crippen LogP contribution in [0.15, 0.2) is 81.7 Å². The summed E-state index contributed by atoms with van der Waals surface area (Å²) in [7, 11) is 0. The van der Waals surface area contributed by atoms with Gasteiger partial charge in [0.05, 0.1) is 0 Å². The maximum absolute atomic E-state index is 12.0. The van der Waals surface area contributed by atoms with Crippen molar-refractivity contribution in [2.75, 3.05) is 0 Å². The lowest BCUT2D eigenvalue weighted by molar-refractivity contribution is 0.0929. The van der Waals surface area contributed by atoms with Gasteiger partial charge in [0.1, 0.15) is 0 Å². The highest BCUT2D eigenvalue weighted by molar-refractivity contribution is 9.10. The summed E-state index contributed by atoms with van der Waals surface area (Å²) in [5, 5.41) is 5.27. The second-order valence-corrected chi connectivity index (χ2v) is 9.19. The van der Waals surface area contributed by atoms with Gasteiger partial charge in [-0.2, -0.15) is 0 Å². The molecule has 12 heteroatoms. The van der Waals surface area contributed by atoms with Crippen molar-refractivity contribution in [1.29, 1.82) is 0 Å². The van der Waals surface area contributed by atoms with Gasteiger partial charge in [0.25, 0.3) is 11.8 Å². The first-order chi connectivity index (χ1) is 17.3. The minimum atomic E-state index is -0.579. The van der Waals surface area contributed by atoms with Gasteiger partial charge in [-0.1, -0.05) is 56.1 Å². The molecule has 0 radical (unpaired) electrons. The SMILES string of the molecule is O=C(NCc1cccc(CNC(=O)NNC(=O)c2ccc(Br)cc2)c1)NNC(=O)c1ccc(Br)cc1. The van der Waals surface area contributed by atoms with E-state index in [0.29, 0.717) is 11.1 Å². The topological polar surface area (TPSA) is 140 Å². The molecule has 0 aliphatic rings. The monoisotopic (exact) mass is 616 g/mol. The molecule has 6 N–H and O–H groups in total. The number of hydrogen-bond donors (Lipinski definition) is 6. The van der Waals surface area contributed by atoms with E-state index in [2.05, 4.69) is 64.2 Å². The Balaban J connectivity index is 1.38. The number of nitrogens with one attached hydrogen (secondary N) is 6. The van der Waals surface area contributed by atoms with Gasteiger partial charge in [0.15, 0.2) is 0 Å². The fourth-order valence-electron chi connectivity index (χ4n) is 2.88. The number of carbonyl (C=O) groups excluding carboxylic acids is 4. The molecule has 0 aliphatic heterocycles. The molecule has 0 aliphatic carbocycles. The van der Waals surface area contributed by atoms with Gasteiger partial charge in [-0.15, -0.1) is 0 Å².